The number of aromatic nitrogens is 2. The van der Waals surface area contributed by atoms with Crippen LogP contribution in [0.25, 0.3) is 25.0 Å². The van der Waals surface area contributed by atoms with Crippen LogP contribution in [0.2, 0.25) is 0 Å². The van der Waals surface area contributed by atoms with E-state index in [4.69, 9.17) is 0 Å². The standard InChI is InChI=1S/C21H14N2O2Se2/c24-20-16-5-1-3-7-18(16)26-22(20)13-14-9-11-15(12-10-14)23-21(25)17-6-2-4-8-19(17)27-23/h1-12H,13H2. The van der Waals surface area contributed by atoms with Gasteiger partial charge < -0.3 is 0 Å². The summed E-state index contributed by atoms with van der Waals surface area (Å²) < 4.78 is 6.06. The molecule has 0 aliphatic rings. The second-order valence-corrected chi connectivity index (χ2v) is 10.6. The number of benzene rings is 3. The molecule has 0 saturated carbocycles. The van der Waals surface area contributed by atoms with E-state index in [9.17, 15) is 9.59 Å². The molecule has 0 amide bonds. The van der Waals surface area contributed by atoms with Crippen LogP contribution in [0.1, 0.15) is 5.56 Å². The predicted molar refractivity (Wildman–Crippen MR) is 111 cm³/mol. The molecule has 132 valence electrons. The van der Waals surface area contributed by atoms with E-state index in [0.29, 0.717) is 6.54 Å². The van der Waals surface area contributed by atoms with Crippen molar-refractivity contribution in [3.63, 3.8) is 0 Å². The fraction of sp³-hybridized carbons (Fsp3) is 0.0476. The van der Waals surface area contributed by atoms with Crippen LogP contribution in [0.4, 0.5) is 0 Å². The van der Waals surface area contributed by atoms with Gasteiger partial charge >= 0.3 is 167 Å². The average Bonchev–Trinajstić information content (AvgIpc) is 3.21. The average molecular weight is 484 g/mol. The van der Waals surface area contributed by atoms with E-state index in [1.54, 1.807) is 0 Å². The van der Waals surface area contributed by atoms with Crippen LogP contribution >= 0.6 is 0 Å². The first-order valence-electron chi connectivity index (χ1n) is 8.50. The van der Waals surface area contributed by atoms with E-state index < -0.39 is 0 Å². The van der Waals surface area contributed by atoms with Crippen molar-refractivity contribution < 1.29 is 0 Å². The molecule has 0 saturated heterocycles. The van der Waals surface area contributed by atoms with E-state index in [2.05, 4.69) is 0 Å². The van der Waals surface area contributed by atoms with Crippen LogP contribution in [0.3, 0.4) is 0 Å². The molecule has 4 nitrogen and oxygen atoms in total. The van der Waals surface area contributed by atoms with Gasteiger partial charge in [0.1, 0.15) is 0 Å². The van der Waals surface area contributed by atoms with Gasteiger partial charge in [-0.1, -0.05) is 0 Å². The molecule has 6 heteroatoms. The third-order valence-corrected chi connectivity index (χ3v) is 9.11. The predicted octanol–water partition coefficient (Wildman–Crippen LogP) is 2.47. The first kappa shape index (κ1) is 16.8. The summed E-state index contributed by atoms with van der Waals surface area (Å²) in [6.07, 6.45) is 0. The number of fused-ring (bicyclic) bond motifs is 2. The Morgan fingerprint density at radius 2 is 1.26 bits per heavy atom. The first-order valence-corrected chi connectivity index (χ1v) is 11.7. The zero-order valence-corrected chi connectivity index (χ0v) is 17.6. The zero-order valence-electron chi connectivity index (χ0n) is 14.2. The number of hydrogen-bond acceptors (Lipinski definition) is 2. The monoisotopic (exact) mass is 486 g/mol. The number of hydrogen-bond donors (Lipinski definition) is 0. The molecule has 0 radical (unpaired) electrons. The van der Waals surface area contributed by atoms with Crippen molar-refractivity contribution in [2.24, 2.45) is 0 Å². The molecule has 0 spiro atoms. The van der Waals surface area contributed by atoms with Gasteiger partial charge in [-0.15, -0.1) is 0 Å². The fourth-order valence-electron chi connectivity index (χ4n) is 3.17. The van der Waals surface area contributed by atoms with Gasteiger partial charge in [0, 0.05) is 0 Å². The van der Waals surface area contributed by atoms with Crippen molar-refractivity contribution in [1.29, 1.82) is 0 Å². The summed E-state index contributed by atoms with van der Waals surface area (Å²) in [6.45, 7) is 0.604. The van der Waals surface area contributed by atoms with E-state index in [0.717, 1.165) is 30.5 Å². The van der Waals surface area contributed by atoms with Crippen LogP contribution in [0, 0.1) is 0 Å². The molecule has 5 aromatic rings. The number of nitrogens with zero attached hydrogens (tertiary/aromatic N) is 2. The Labute approximate surface area is 166 Å². The third-order valence-electron chi connectivity index (χ3n) is 4.54. The molecule has 0 aliphatic carbocycles. The van der Waals surface area contributed by atoms with Crippen LogP contribution in [0.15, 0.2) is 82.4 Å². The fourth-order valence-corrected chi connectivity index (χ4v) is 7.41. The molecule has 2 aromatic heterocycles. The Bertz CT molecular complexity index is 1390. The van der Waals surface area contributed by atoms with Gasteiger partial charge in [-0.05, 0) is 0 Å². The van der Waals surface area contributed by atoms with Crippen molar-refractivity contribution in [2.75, 3.05) is 0 Å². The van der Waals surface area contributed by atoms with Gasteiger partial charge in [0.05, 0.1) is 0 Å². The van der Waals surface area contributed by atoms with Crippen molar-refractivity contribution in [3.8, 4) is 5.69 Å². The molecule has 3 aromatic carbocycles. The van der Waals surface area contributed by atoms with Gasteiger partial charge in [0.2, 0.25) is 0 Å². The van der Waals surface area contributed by atoms with Crippen molar-refractivity contribution in [3.05, 3.63) is 99.1 Å². The summed E-state index contributed by atoms with van der Waals surface area (Å²) in [6, 6.07) is 23.7. The summed E-state index contributed by atoms with van der Waals surface area (Å²) in [5.74, 6) is 0. The summed E-state index contributed by atoms with van der Waals surface area (Å²) in [5, 5.41) is 1.64. The van der Waals surface area contributed by atoms with Gasteiger partial charge in [0.25, 0.3) is 0 Å². The molecule has 0 N–H and O–H groups in total. The van der Waals surface area contributed by atoms with Crippen LogP contribution in [-0.4, -0.2) is 36.6 Å². The molecule has 0 atom stereocenters. The van der Waals surface area contributed by atoms with Gasteiger partial charge in [0.15, 0.2) is 0 Å². The van der Waals surface area contributed by atoms with Crippen LogP contribution in [-0.2, 0) is 6.54 Å². The molecule has 5 rings (SSSR count). The van der Waals surface area contributed by atoms with E-state index in [1.807, 2.05) is 79.9 Å². The molecule has 27 heavy (non-hydrogen) atoms. The SMILES string of the molecule is O=c1c2ccccc2[se]n1Cc1ccc(-n2[se]c3ccccc3c2=O)cc1. The summed E-state index contributed by atoms with van der Waals surface area (Å²) in [5.41, 5.74) is 2.19. The van der Waals surface area contributed by atoms with Crippen molar-refractivity contribution >= 4 is 48.8 Å². The molecule has 0 bridgehead atoms. The quantitative estimate of drug-likeness (QED) is 0.370. The van der Waals surface area contributed by atoms with Crippen molar-refractivity contribution in [1.82, 2.24) is 7.12 Å². The normalized spacial score (nSPS) is 11.4. The van der Waals surface area contributed by atoms with E-state index in [1.165, 1.54) is 0 Å². The maximum atomic E-state index is 12.6. The Morgan fingerprint density at radius 3 is 1.89 bits per heavy atom. The van der Waals surface area contributed by atoms with E-state index >= 15 is 0 Å². The first-order chi connectivity index (χ1) is 13.2. The second-order valence-electron chi connectivity index (χ2n) is 6.28. The van der Waals surface area contributed by atoms with Gasteiger partial charge in [-0.3, -0.25) is 0 Å². The van der Waals surface area contributed by atoms with Crippen LogP contribution in [0.5, 0.6) is 0 Å². The summed E-state index contributed by atoms with van der Waals surface area (Å²) in [4.78, 5) is 25.2. The second kappa shape index (κ2) is 6.66. The zero-order chi connectivity index (χ0) is 18.4. The molecule has 0 aliphatic heterocycles. The minimum absolute atomic E-state index is 0.0229. The Balaban J connectivity index is 1.49. The number of rotatable bonds is 3. The van der Waals surface area contributed by atoms with Gasteiger partial charge in [-0.2, -0.15) is 0 Å². The summed E-state index contributed by atoms with van der Waals surface area (Å²) in [7, 11) is 0. The Kier molecular flexibility index (Phi) is 4.14. The molecule has 2 heterocycles. The van der Waals surface area contributed by atoms with Crippen LogP contribution < -0.4 is 11.1 Å². The topological polar surface area (TPSA) is 44.0 Å². The molecule has 0 unspecified atom stereocenters. The third kappa shape index (κ3) is 2.91. The molecular weight excluding hydrogens is 470 g/mol. The van der Waals surface area contributed by atoms with E-state index in [-0.39, 0.29) is 40.6 Å². The van der Waals surface area contributed by atoms with Gasteiger partial charge in [-0.25, -0.2) is 0 Å². The van der Waals surface area contributed by atoms with Crippen molar-refractivity contribution in [2.45, 2.75) is 6.54 Å². The molecular formula is C21H14N2O2Se2. The molecule has 0 fully saturated rings. The summed E-state index contributed by atoms with van der Waals surface area (Å²) >= 11 is 0.00683. The minimum atomic E-state index is -0.0229. The Hall–Kier alpha value is -2.36. The maximum absolute atomic E-state index is 12.6. The Morgan fingerprint density at radius 1 is 0.667 bits per heavy atom.